The molecule has 1 aromatic heterocycles. The number of thiophene rings is 1. The Bertz CT molecular complexity index is 612. The Balaban J connectivity index is 1.94. The smallest absolute Gasteiger partial charge is 0.101 e. The molecule has 1 heterocycles. The number of rotatable bonds is 4. The van der Waals surface area contributed by atoms with Crippen molar-refractivity contribution in [3.63, 3.8) is 0 Å². The van der Waals surface area contributed by atoms with Gasteiger partial charge < -0.3 is 4.90 Å². The van der Waals surface area contributed by atoms with E-state index in [4.69, 9.17) is 11.6 Å². The molecule has 1 aliphatic carbocycles. The number of nitriles is 1. The Morgan fingerprint density at radius 3 is 2.84 bits per heavy atom. The number of anilines is 1. The van der Waals surface area contributed by atoms with Crippen molar-refractivity contribution in [2.24, 2.45) is 0 Å². The second kappa shape index (κ2) is 5.24. The minimum atomic E-state index is 0.565. The summed E-state index contributed by atoms with van der Waals surface area (Å²) >= 11 is 7.73. The largest absolute Gasteiger partial charge is 0.362 e. The maximum Gasteiger partial charge on any atom is 0.101 e. The highest BCUT2D eigenvalue weighted by Crippen LogP contribution is 2.36. The van der Waals surface area contributed by atoms with Crippen LogP contribution in [0.5, 0.6) is 0 Å². The van der Waals surface area contributed by atoms with Gasteiger partial charge in [-0.15, -0.1) is 11.3 Å². The summed E-state index contributed by atoms with van der Waals surface area (Å²) in [5.74, 6) is 0. The number of hydrogen-bond acceptors (Lipinski definition) is 3. The second-order valence-corrected chi connectivity index (χ2v) is 6.18. The van der Waals surface area contributed by atoms with Crippen LogP contribution >= 0.6 is 22.9 Å². The first-order valence-corrected chi connectivity index (χ1v) is 7.52. The van der Waals surface area contributed by atoms with Crippen LogP contribution in [0, 0.1) is 11.3 Å². The summed E-state index contributed by atoms with van der Waals surface area (Å²) in [5, 5.41) is 12.0. The summed E-state index contributed by atoms with van der Waals surface area (Å²) in [6.45, 7) is 0.874. The highest BCUT2D eigenvalue weighted by atomic mass is 35.5. The Hall–Kier alpha value is -1.50. The monoisotopic (exact) mass is 288 g/mol. The van der Waals surface area contributed by atoms with Crippen molar-refractivity contribution >= 4 is 28.6 Å². The average Bonchev–Trinajstić information content (AvgIpc) is 3.13. The van der Waals surface area contributed by atoms with Crippen molar-refractivity contribution in [1.82, 2.24) is 0 Å². The summed E-state index contributed by atoms with van der Waals surface area (Å²) in [4.78, 5) is 3.66. The van der Waals surface area contributed by atoms with E-state index in [1.807, 2.05) is 12.1 Å². The molecule has 1 aromatic carbocycles. The van der Waals surface area contributed by atoms with Crippen LogP contribution in [0.3, 0.4) is 0 Å². The lowest BCUT2D eigenvalue weighted by Crippen LogP contribution is -2.25. The molecule has 1 aliphatic rings. The molecule has 96 valence electrons. The van der Waals surface area contributed by atoms with E-state index >= 15 is 0 Å². The van der Waals surface area contributed by atoms with Gasteiger partial charge in [0, 0.05) is 15.9 Å². The molecule has 0 N–H and O–H groups in total. The molecule has 3 rings (SSSR count). The van der Waals surface area contributed by atoms with Crippen LogP contribution in [0.25, 0.3) is 0 Å². The van der Waals surface area contributed by atoms with Crippen molar-refractivity contribution < 1.29 is 0 Å². The summed E-state index contributed by atoms with van der Waals surface area (Å²) < 4.78 is 0. The van der Waals surface area contributed by atoms with Gasteiger partial charge in [-0.1, -0.05) is 17.7 Å². The van der Waals surface area contributed by atoms with Gasteiger partial charge in [0.1, 0.15) is 6.07 Å². The van der Waals surface area contributed by atoms with Crippen molar-refractivity contribution in [1.29, 1.82) is 5.26 Å². The molecule has 0 bridgehead atoms. The van der Waals surface area contributed by atoms with Gasteiger partial charge in [0.2, 0.25) is 0 Å². The first kappa shape index (κ1) is 12.5. The van der Waals surface area contributed by atoms with E-state index in [1.165, 1.54) is 17.7 Å². The van der Waals surface area contributed by atoms with E-state index in [1.54, 1.807) is 17.4 Å². The molecule has 0 unspecified atom stereocenters. The fourth-order valence-electron chi connectivity index (χ4n) is 2.22. The normalized spacial score (nSPS) is 14.1. The van der Waals surface area contributed by atoms with Gasteiger partial charge in [-0.2, -0.15) is 5.26 Å². The fourth-order valence-corrected chi connectivity index (χ4v) is 3.09. The predicted molar refractivity (Wildman–Crippen MR) is 79.7 cm³/mol. The van der Waals surface area contributed by atoms with Crippen molar-refractivity contribution in [2.45, 2.75) is 25.4 Å². The van der Waals surface area contributed by atoms with E-state index in [-0.39, 0.29) is 0 Å². The second-order valence-electron chi connectivity index (χ2n) is 4.71. The van der Waals surface area contributed by atoms with Crippen molar-refractivity contribution in [3.05, 3.63) is 51.2 Å². The number of benzene rings is 1. The van der Waals surface area contributed by atoms with E-state index in [0.717, 1.165) is 12.2 Å². The molecule has 2 aromatic rings. The van der Waals surface area contributed by atoms with Crippen LogP contribution in [-0.4, -0.2) is 6.04 Å². The molecule has 0 atom stereocenters. The molecule has 0 amide bonds. The zero-order chi connectivity index (χ0) is 13.2. The zero-order valence-corrected chi connectivity index (χ0v) is 11.9. The van der Waals surface area contributed by atoms with Gasteiger partial charge in [-0.25, -0.2) is 0 Å². The van der Waals surface area contributed by atoms with Crippen LogP contribution in [0.2, 0.25) is 5.02 Å². The topological polar surface area (TPSA) is 27.0 Å². The third kappa shape index (κ3) is 2.75. The van der Waals surface area contributed by atoms with Crippen molar-refractivity contribution in [2.75, 3.05) is 4.90 Å². The van der Waals surface area contributed by atoms with Gasteiger partial charge in [0.05, 0.1) is 17.8 Å². The fraction of sp³-hybridized carbons (Fsp3) is 0.267. The highest BCUT2D eigenvalue weighted by Gasteiger charge is 2.30. The molecule has 0 saturated heterocycles. The molecular weight excluding hydrogens is 276 g/mol. The SMILES string of the molecule is N#Cc1cc(Cl)ccc1N(Cc1cccs1)C1CC1. The van der Waals surface area contributed by atoms with Gasteiger partial charge in [0.25, 0.3) is 0 Å². The predicted octanol–water partition coefficient (Wildman–Crippen LogP) is 4.44. The summed E-state index contributed by atoms with van der Waals surface area (Å²) in [5.41, 5.74) is 1.67. The first-order chi connectivity index (χ1) is 9.28. The Morgan fingerprint density at radius 1 is 1.37 bits per heavy atom. The molecule has 4 heteroatoms. The zero-order valence-electron chi connectivity index (χ0n) is 10.3. The van der Waals surface area contributed by atoms with E-state index in [0.29, 0.717) is 16.6 Å². The molecule has 0 aliphatic heterocycles. The summed E-state index contributed by atoms with van der Waals surface area (Å²) in [6, 6.07) is 12.6. The lowest BCUT2D eigenvalue weighted by Gasteiger charge is -2.25. The van der Waals surface area contributed by atoms with E-state index in [9.17, 15) is 5.26 Å². The molecule has 1 saturated carbocycles. The van der Waals surface area contributed by atoms with E-state index in [2.05, 4.69) is 28.5 Å². The van der Waals surface area contributed by atoms with Crippen LogP contribution in [0.15, 0.2) is 35.7 Å². The summed E-state index contributed by atoms with van der Waals surface area (Å²) in [7, 11) is 0. The van der Waals surface area contributed by atoms with Gasteiger partial charge in [-0.05, 0) is 42.5 Å². The minimum Gasteiger partial charge on any atom is -0.362 e. The Kier molecular flexibility index (Phi) is 3.46. The quantitative estimate of drug-likeness (QED) is 0.831. The van der Waals surface area contributed by atoms with Gasteiger partial charge in [-0.3, -0.25) is 0 Å². The standard InChI is InChI=1S/C15H13ClN2S/c16-12-3-6-15(11(8-12)9-17)18(13-4-5-13)10-14-2-1-7-19-14/h1-3,6-8,13H,4-5,10H2. The third-order valence-corrected chi connectivity index (χ3v) is 4.38. The van der Waals surface area contributed by atoms with Gasteiger partial charge in [0.15, 0.2) is 0 Å². The number of nitrogens with zero attached hydrogens (tertiary/aromatic N) is 2. The summed E-state index contributed by atoms with van der Waals surface area (Å²) in [6.07, 6.45) is 2.41. The number of hydrogen-bond donors (Lipinski definition) is 0. The van der Waals surface area contributed by atoms with Crippen LogP contribution in [0.1, 0.15) is 23.3 Å². The van der Waals surface area contributed by atoms with Gasteiger partial charge >= 0.3 is 0 Å². The molecule has 19 heavy (non-hydrogen) atoms. The van der Waals surface area contributed by atoms with Crippen LogP contribution in [0.4, 0.5) is 5.69 Å². The lowest BCUT2D eigenvalue weighted by atomic mass is 10.1. The molecular formula is C15H13ClN2S. The van der Waals surface area contributed by atoms with E-state index < -0.39 is 0 Å². The van der Waals surface area contributed by atoms with Crippen LogP contribution in [-0.2, 0) is 6.54 Å². The number of halogens is 1. The molecule has 2 nitrogen and oxygen atoms in total. The van der Waals surface area contributed by atoms with Crippen molar-refractivity contribution in [3.8, 4) is 6.07 Å². The minimum absolute atomic E-state index is 0.565. The third-order valence-electron chi connectivity index (χ3n) is 3.28. The Labute approximate surface area is 121 Å². The molecule has 0 spiro atoms. The molecule has 0 radical (unpaired) electrons. The van der Waals surface area contributed by atoms with Crippen LogP contribution < -0.4 is 4.90 Å². The molecule has 1 fully saturated rings. The first-order valence-electron chi connectivity index (χ1n) is 6.26. The maximum atomic E-state index is 9.29. The average molecular weight is 289 g/mol. The lowest BCUT2D eigenvalue weighted by molar-refractivity contribution is 0.802. The maximum absolute atomic E-state index is 9.29. The Morgan fingerprint density at radius 2 is 2.21 bits per heavy atom. The highest BCUT2D eigenvalue weighted by molar-refractivity contribution is 7.09.